The number of hydrogen-bond donors (Lipinski definition) is 22. The summed E-state index contributed by atoms with van der Waals surface area (Å²) in [5, 5.41) is 71.3. The van der Waals surface area contributed by atoms with Crippen molar-refractivity contribution in [2.45, 2.75) is 276 Å². The molecule has 41 nitrogen and oxygen atoms in total. The number of H-pyrrole nitrogens is 1. The Labute approximate surface area is 740 Å². The van der Waals surface area contributed by atoms with Gasteiger partial charge >= 0.3 is 5.97 Å². The van der Waals surface area contributed by atoms with Gasteiger partial charge in [-0.2, -0.15) is 0 Å². The predicted molar refractivity (Wildman–Crippen MR) is 471 cm³/mol. The van der Waals surface area contributed by atoms with Crippen LogP contribution in [0.5, 0.6) is 0 Å². The number of carboxylic acids is 1. The van der Waals surface area contributed by atoms with Crippen LogP contribution in [0.2, 0.25) is 0 Å². The zero-order chi connectivity index (χ0) is 94.2. The fourth-order valence-electron chi connectivity index (χ4n) is 15.7. The van der Waals surface area contributed by atoms with E-state index in [-0.39, 0.29) is 152 Å². The summed E-state index contributed by atoms with van der Waals surface area (Å²) in [4.78, 5) is 234. The van der Waals surface area contributed by atoms with Crippen molar-refractivity contribution in [3.05, 3.63) is 71.9 Å². The number of carboxylic acid groups (broad SMARTS) is 1. The van der Waals surface area contributed by atoms with Gasteiger partial charge in [0.05, 0.1) is 19.1 Å². The topological polar surface area (TPSA) is 647 Å². The molecular weight excluding hydrogens is 1640 g/mol. The average molecular weight is 1780 g/mol. The van der Waals surface area contributed by atoms with E-state index < -0.39 is 204 Å². The maximum atomic E-state index is 14.9. The zero-order valence-electron chi connectivity index (χ0n) is 74.7. The molecule has 0 unspecified atom stereocenters. The standard InChI is InChI=1S/C86H135N23O18/c1-45(2)36-57(101-73(115)58(37-46(3)4)99-70(112)55(26-17-31-93-85(89)90)97-76(118)61(104-80(122)69(88)49(9)10)41-52-43-95-54-25-16-15-24-53(52)54)72(114)96-50(11)81(123)108-34-20-29-66(108)83(125)107-33-19-28-65(107)79(121)103-60(40-51-22-13-12-14-23-51)75(117)106-64(44-110)78(120)102-62(42-68(87)111)77(119)98-56(27-18-32-94-86(91)92)71(113)100-59(38-47(5)6)74(116)105-63(39-48(7)8)82(124)109-35-21-30-67(109)84(126)127/h12-16,22-25,43,45-50,55-67,69,95,110H,17-21,26-42,44,88H2,1-11H3,(H2,87,111)(H,96,114)(H,97,118)(H,98,119)(H,99,112)(H,100,113)(H,101,115)(H,102,120)(H,103,121)(H,104,122)(H,105,116)(H,106,117)(H,126,127)(H4,89,90,93)(H4,91,92,94)/t50-,55-,56-,57-,58-,59-,60-,61-,62-,63-,64-,65-,66-,67-,69-/m0/s1. The molecule has 6 rings (SSSR count). The van der Waals surface area contributed by atoms with Crippen molar-refractivity contribution in [1.82, 2.24) is 88.8 Å². The molecule has 41 heteroatoms. The first-order chi connectivity index (χ1) is 60.0. The van der Waals surface area contributed by atoms with Crippen molar-refractivity contribution in [3.8, 4) is 0 Å². The number of aliphatic hydroxyl groups is 1. The van der Waals surface area contributed by atoms with E-state index in [0.29, 0.717) is 30.4 Å². The van der Waals surface area contributed by atoms with Crippen molar-refractivity contribution in [3.63, 3.8) is 0 Å². The number of nitrogens with one attached hydrogen (secondary N) is 16. The lowest BCUT2D eigenvalue weighted by Crippen LogP contribution is -2.61. The number of carbonyl (C=O) groups excluding carboxylic acids is 15. The van der Waals surface area contributed by atoms with Gasteiger partial charge in [-0.15, -0.1) is 0 Å². The third-order valence-corrected chi connectivity index (χ3v) is 22.3. The van der Waals surface area contributed by atoms with Crippen LogP contribution in [0.15, 0.2) is 60.8 Å². The first-order valence-corrected chi connectivity index (χ1v) is 43.9. The molecule has 3 fully saturated rings. The fourth-order valence-corrected chi connectivity index (χ4v) is 15.7. The summed E-state index contributed by atoms with van der Waals surface area (Å²) < 4.78 is 0. The van der Waals surface area contributed by atoms with Gasteiger partial charge in [0.1, 0.15) is 84.6 Å². The number of aromatic nitrogens is 1. The van der Waals surface area contributed by atoms with Crippen LogP contribution in [0.3, 0.4) is 0 Å². The molecule has 0 radical (unpaired) electrons. The monoisotopic (exact) mass is 1780 g/mol. The van der Waals surface area contributed by atoms with Crippen LogP contribution in [0.4, 0.5) is 0 Å². The Balaban J connectivity index is 1.14. The Morgan fingerprint density at radius 2 is 0.835 bits per heavy atom. The number of amides is 15. The van der Waals surface area contributed by atoms with E-state index in [9.17, 15) is 86.9 Å². The molecular formula is C86H135N23O18. The van der Waals surface area contributed by atoms with Crippen LogP contribution in [0, 0.1) is 40.4 Å². The maximum Gasteiger partial charge on any atom is 0.326 e. The number of aliphatic hydroxyl groups excluding tert-OH is 1. The van der Waals surface area contributed by atoms with E-state index in [0.717, 1.165) is 10.9 Å². The Kier molecular flexibility index (Phi) is 41.1. The Morgan fingerprint density at radius 1 is 0.441 bits per heavy atom. The molecule has 0 aliphatic carbocycles. The quantitative estimate of drug-likeness (QED) is 0.0164. The lowest BCUT2D eigenvalue weighted by atomic mass is 9.99. The Bertz CT molecular complexity index is 4330. The molecule has 3 saturated heterocycles. The molecule has 3 aliphatic heterocycles. The van der Waals surface area contributed by atoms with Gasteiger partial charge in [-0.25, -0.2) is 4.79 Å². The van der Waals surface area contributed by atoms with E-state index in [4.69, 9.17) is 33.8 Å². The molecule has 1 aromatic heterocycles. The Morgan fingerprint density at radius 3 is 1.32 bits per heavy atom. The second-order valence-corrected chi connectivity index (χ2v) is 35.1. The highest BCUT2D eigenvalue weighted by Gasteiger charge is 2.46. The summed E-state index contributed by atoms with van der Waals surface area (Å²) in [6, 6.07) is -4.56. The number of aromatic amines is 1. The van der Waals surface area contributed by atoms with E-state index >= 15 is 0 Å². The third-order valence-electron chi connectivity index (χ3n) is 22.3. The van der Waals surface area contributed by atoms with Crippen molar-refractivity contribution in [1.29, 1.82) is 10.8 Å². The van der Waals surface area contributed by atoms with Gasteiger partial charge in [-0.1, -0.05) is 118 Å². The average Bonchev–Trinajstić information content (AvgIpc) is 1.65. The zero-order valence-corrected chi connectivity index (χ0v) is 74.7. The highest BCUT2D eigenvalue weighted by molar-refractivity contribution is 6.02. The molecule has 0 bridgehead atoms. The minimum atomic E-state index is -1.90. The number of carbonyl (C=O) groups is 16. The summed E-state index contributed by atoms with van der Waals surface area (Å²) in [6.45, 7) is 18.6. The fraction of sp³-hybridized carbons (Fsp3) is 0.628. The first-order valence-electron chi connectivity index (χ1n) is 43.9. The van der Waals surface area contributed by atoms with Gasteiger partial charge in [-0.05, 0) is 144 Å². The third kappa shape index (κ3) is 32.4. The SMILES string of the molecule is CC(C)C[C@H](NC(=O)[C@H](CC(C)C)NC(=O)[C@H](CCCNC(=N)N)NC(=O)[C@H](Cc1c[nH]c2ccccc12)NC(=O)[C@@H](N)C(C)C)C(=O)N[C@@H](C)C(=O)N1CCC[C@H]1C(=O)N1CCC[C@H]1C(=O)N[C@@H](Cc1ccccc1)C(=O)N[C@@H](CO)C(=O)N[C@@H](CC(N)=O)C(=O)N[C@@H](CCCNC(=N)N)C(=O)N[C@@H](CC(C)C)C(=O)N[C@@H](CC(C)C)C(=O)N1CCC[C@H]1C(=O)O. The summed E-state index contributed by atoms with van der Waals surface area (Å²) in [5.41, 5.74) is 24.9. The molecule has 0 spiro atoms. The van der Waals surface area contributed by atoms with E-state index in [2.05, 4.69) is 74.1 Å². The highest BCUT2D eigenvalue weighted by atomic mass is 16.4. The van der Waals surface area contributed by atoms with Gasteiger partial charge in [0.15, 0.2) is 11.9 Å². The number of primary amides is 1. The number of fused-ring (bicyclic) bond motifs is 1. The number of nitrogens with two attached hydrogens (primary N) is 4. The van der Waals surface area contributed by atoms with E-state index in [1.54, 1.807) is 64.2 Å². The minimum Gasteiger partial charge on any atom is -0.480 e. The minimum absolute atomic E-state index is 0.00715. The predicted octanol–water partition coefficient (Wildman–Crippen LogP) is -2.07. The number of guanidine groups is 2. The molecule has 127 heavy (non-hydrogen) atoms. The number of hydrogen-bond acceptors (Lipinski definition) is 20. The van der Waals surface area contributed by atoms with Crippen LogP contribution in [0.1, 0.15) is 184 Å². The van der Waals surface area contributed by atoms with Crippen LogP contribution in [0.25, 0.3) is 10.9 Å². The normalized spacial score (nSPS) is 17.9. The highest BCUT2D eigenvalue weighted by Crippen LogP contribution is 2.28. The van der Waals surface area contributed by atoms with E-state index in [1.165, 1.54) is 21.6 Å². The van der Waals surface area contributed by atoms with Crippen LogP contribution in [-0.2, 0) is 89.6 Å². The van der Waals surface area contributed by atoms with Gasteiger partial charge in [0.2, 0.25) is 88.6 Å². The van der Waals surface area contributed by atoms with Crippen LogP contribution < -0.4 is 92.1 Å². The molecule has 3 aliphatic rings. The lowest BCUT2D eigenvalue weighted by Gasteiger charge is -2.33. The number of nitrogens with zero attached hydrogens (tertiary/aromatic N) is 3. The Hall–Kier alpha value is -12.0. The first kappa shape index (κ1) is 104. The van der Waals surface area contributed by atoms with Gasteiger partial charge in [-0.3, -0.25) is 82.7 Å². The lowest BCUT2D eigenvalue weighted by molar-refractivity contribution is -0.149. The summed E-state index contributed by atoms with van der Waals surface area (Å²) in [6.07, 6.45) is 2.38. The van der Waals surface area contributed by atoms with Gasteiger partial charge in [0, 0.05) is 62.7 Å². The molecule has 15 amide bonds. The number of likely N-dealkylation sites (tertiary alicyclic amines) is 3. The van der Waals surface area contributed by atoms with Crippen LogP contribution >= 0.6 is 0 Å². The van der Waals surface area contributed by atoms with Crippen molar-refractivity contribution < 1.29 is 86.9 Å². The van der Waals surface area contributed by atoms with Gasteiger partial charge in [0.25, 0.3) is 0 Å². The molecule has 15 atom stereocenters. The number of para-hydroxylation sites is 1. The second kappa shape index (κ2) is 50.3. The molecule has 3 aromatic rings. The number of aliphatic carboxylic acids is 1. The smallest absolute Gasteiger partial charge is 0.326 e. The van der Waals surface area contributed by atoms with Gasteiger partial charge < -0.3 is 122 Å². The molecule has 2 aromatic carbocycles. The van der Waals surface area contributed by atoms with Crippen molar-refractivity contribution in [2.24, 2.45) is 52.5 Å². The molecule has 4 heterocycles. The van der Waals surface area contributed by atoms with Crippen molar-refractivity contribution in [2.75, 3.05) is 39.3 Å². The van der Waals surface area contributed by atoms with Crippen LogP contribution in [-0.4, -0.2) is 266 Å². The summed E-state index contributed by atoms with van der Waals surface area (Å²) in [5.74, 6) is -15.7. The largest absolute Gasteiger partial charge is 0.480 e. The number of rotatable bonds is 50. The second-order valence-electron chi connectivity index (χ2n) is 35.1. The van der Waals surface area contributed by atoms with E-state index in [1.807, 2.05) is 65.8 Å². The maximum absolute atomic E-state index is 14.9. The molecule has 0 saturated carbocycles. The molecule has 26 N–H and O–H groups in total. The van der Waals surface area contributed by atoms with Crippen molar-refractivity contribution >= 4 is 117 Å². The molecule has 702 valence electrons. The summed E-state index contributed by atoms with van der Waals surface area (Å²) in [7, 11) is 0. The number of benzene rings is 2. The summed E-state index contributed by atoms with van der Waals surface area (Å²) >= 11 is 0.